The third-order valence-electron chi connectivity index (χ3n) is 1.23. The molecule has 0 aliphatic heterocycles. The van der Waals surface area contributed by atoms with Crippen LogP contribution in [0.25, 0.3) is 5.82 Å². The van der Waals surface area contributed by atoms with Crippen molar-refractivity contribution in [2.75, 3.05) is 0 Å². The normalized spacial score (nSPS) is 20.1. The molecule has 0 bridgehead atoms. The Morgan fingerprint density at radius 1 is 1.54 bits per heavy atom. The second kappa shape index (κ2) is 3.30. The van der Waals surface area contributed by atoms with E-state index >= 15 is 0 Å². The second-order valence-electron chi connectivity index (χ2n) is 2.12. The van der Waals surface area contributed by atoms with E-state index in [4.69, 9.17) is 11.0 Å². The quantitative estimate of drug-likeness (QED) is 0.773. The van der Waals surface area contributed by atoms with Gasteiger partial charge in [-0.25, -0.2) is 9.67 Å². The Morgan fingerprint density at radius 3 is 3.15 bits per heavy atom. The highest BCUT2D eigenvalue weighted by molar-refractivity contribution is 9.10. The first-order valence-electron chi connectivity index (χ1n) is 7.26. The maximum Gasteiger partial charge on any atom is 0.153 e. The molecule has 2 aromatic rings. The molecule has 0 unspecified atom stereocenters. The molecule has 0 aliphatic carbocycles. The average Bonchev–Trinajstić information content (AvgIpc) is 2.60. The first-order valence-corrected chi connectivity index (χ1v) is 4.05. The summed E-state index contributed by atoms with van der Waals surface area (Å²) in [6.07, 6.45) is -1.22. The van der Waals surface area contributed by atoms with Gasteiger partial charge in [-0.1, -0.05) is 6.04 Å². The van der Waals surface area contributed by atoms with Gasteiger partial charge in [-0.05, 0) is 34.4 Å². The highest BCUT2D eigenvalue weighted by Gasteiger charge is 1.98. The van der Waals surface area contributed by atoms with Gasteiger partial charge in [-0.2, -0.15) is 5.10 Å². The van der Waals surface area contributed by atoms with Gasteiger partial charge in [-0.15, -0.1) is 0 Å². The van der Waals surface area contributed by atoms with E-state index < -0.39 is 30.7 Å². The van der Waals surface area contributed by atoms with E-state index in [0.29, 0.717) is 0 Å². The van der Waals surface area contributed by atoms with Gasteiger partial charge < -0.3 is 0 Å². The lowest BCUT2D eigenvalue weighted by Gasteiger charge is -1.98. The maximum absolute atomic E-state index is 7.82. The summed E-state index contributed by atoms with van der Waals surface area (Å²) >= 11 is 2.97. The molecule has 13 heavy (non-hydrogen) atoms. The average molecular weight is 246 g/mol. The largest absolute Gasteiger partial charge is 0.237 e. The van der Waals surface area contributed by atoms with E-state index in [1.807, 2.05) is 0 Å². The Kier molecular flexibility index (Phi) is 0.813. The zero-order chi connectivity index (χ0) is 16.1. The molecule has 0 aliphatic rings. The van der Waals surface area contributed by atoms with E-state index in [0.717, 1.165) is 4.68 Å². The highest BCUT2D eigenvalue weighted by Crippen LogP contribution is 2.10. The number of aromatic nitrogens is 3. The number of hydrogen-bond donors (Lipinski definition) is 0. The Balaban J connectivity index is 2.76. The number of hydrogen-bond acceptors (Lipinski definition) is 2. The van der Waals surface area contributed by atoms with Crippen LogP contribution >= 0.6 is 15.9 Å². The first-order chi connectivity index (χ1) is 9.55. The van der Waals surface area contributed by atoms with Crippen LogP contribution in [0.2, 0.25) is 0 Å². The van der Waals surface area contributed by atoms with Crippen molar-refractivity contribution >= 4 is 15.9 Å². The molecule has 0 amide bonds. The zero-order valence-electron chi connectivity index (χ0n) is 14.2. The summed E-state index contributed by atoms with van der Waals surface area (Å²) in [7, 11) is 0. The minimum atomic E-state index is -2.73. The molecule has 0 N–H and O–H groups in total. The van der Waals surface area contributed by atoms with Gasteiger partial charge in [0.05, 0.1) is 17.5 Å². The minimum Gasteiger partial charge on any atom is -0.237 e. The standard InChI is InChI=1S/C9H8BrN3/c1-7-2-3-9(11-4-7)13-6-8(10)5-12-13/h2-6H,1H3/i1D3,2D,3D,4D,5D,6D. The molecule has 2 rings (SSSR count). The van der Waals surface area contributed by atoms with Crippen molar-refractivity contribution in [3.63, 3.8) is 0 Å². The number of halogens is 1. The molecule has 0 aromatic carbocycles. The maximum atomic E-state index is 7.82. The molecule has 0 fully saturated rings. The summed E-state index contributed by atoms with van der Waals surface area (Å²) in [5.74, 6) is -0.331. The van der Waals surface area contributed by atoms with Crippen LogP contribution in [-0.4, -0.2) is 14.8 Å². The summed E-state index contributed by atoms with van der Waals surface area (Å²) in [6, 6.07) is -1.23. The van der Waals surface area contributed by atoms with Crippen LogP contribution in [-0.2, 0) is 0 Å². The lowest BCUT2D eigenvalue weighted by Crippen LogP contribution is -1.96. The smallest absolute Gasteiger partial charge is 0.153 e. The van der Waals surface area contributed by atoms with E-state index in [9.17, 15) is 0 Å². The van der Waals surface area contributed by atoms with Crippen molar-refractivity contribution in [1.29, 1.82) is 0 Å². The van der Waals surface area contributed by atoms with Crippen molar-refractivity contribution in [1.82, 2.24) is 14.8 Å². The fraction of sp³-hybridized carbons (Fsp3) is 0.111. The highest BCUT2D eigenvalue weighted by atomic mass is 79.9. The monoisotopic (exact) mass is 245 g/mol. The van der Waals surface area contributed by atoms with Crippen molar-refractivity contribution in [3.8, 4) is 5.82 Å². The molecule has 4 heteroatoms. The van der Waals surface area contributed by atoms with Crippen molar-refractivity contribution in [3.05, 3.63) is 40.6 Å². The molecular weight excluding hydrogens is 230 g/mol. The van der Waals surface area contributed by atoms with Crippen molar-refractivity contribution in [2.45, 2.75) is 6.85 Å². The summed E-state index contributed by atoms with van der Waals surface area (Å²) in [5, 5.41) is 3.67. The Hall–Kier alpha value is -1.16. The second-order valence-corrected chi connectivity index (χ2v) is 2.91. The minimum absolute atomic E-state index is 0.0710. The molecule has 3 nitrogen and oxygen atoms in total. The summed E-state index contributed by atoms with van der Waals surface area (Å²) < 4.78 is 61.2. The fourth-order valence-electron chi connectivity index (χ4n) is 0.721. The molecule has 2 aromatic heterocycles. The fourth-order valence-corrected chi connectivity index (χ4v) is 0.968. The van der Waals surface area contributed by atoms with Crippen LogP contribution in [0.3, 0.4) is 0 Å². The van der Waals surface area contributed by atoms with Gasteiger partial charge in [-0.3, -0.25) is 0 Å². The zero-order valence-corrected chi connectivity index (χ0v) is 7.81. The third kappa shape index (κ3) is 1.78. The molecule has 0 radical (unpaired) electrons. The predicted octanol–water partition coefficient (Wildman–Crippen LogP) is 2.34. The van der Waals surface area contributed by atoms with Crippen LogP contribution in [0.4, 0.5) is 0 Å². The van der Waals surface area contributed by atoms with Gasteiger partial charge in [0.2, 0.25) is 0 Å². The molecule has 0 saturated carbocycles. The molecule has 66 valence electrons. The van der Waals surface area contributed by atoms with E-state index in [-0.39, 0.29) is 22.6 Å². The van der Waals surface area contributed by atoms with Gasteiger partial charge in [0.1, 0.15) is 0 Å². The van der Waals surface area contributed by atoms with Crippen LogP contribution in [0.1, 0.15) is 16.5 Å². The number of rotatable bonds is 1. The molecular formula is C9H8BrN3. The summed E-state index contributed by atoms with van der Waals surface area (Å²) in [4.78, 5) is 3.66. The SMILES string of the molecule is [2H]c1nn(-c2nc([2H])c(C([2H])([2H])[2H])c([2H])c2[2H])c([2H])c1Br. The van der Waals surface area contributed by atoms with Crippen LogP contribution < -0.4 is 0 Å². The Labute approximate surface area is 95.8 Å². The molecule has 0 atom stereocenters. The van der Waals surface area contributed by atoms with Gasteiger partial charge in [0.15, 0.2) is 5.82 Å². The summed E-state index contributed by atoms with van der Waals surface area (Å²) in [5.41, 5.74) is -0.625. The molecule has 2 heterocycles. The van der Waals surface area contributed by atoms with Gasteiger partial charge >= 0.3 is 0 Å². The lowest BCUT2D eigenvalue weighted by molar-refractivity contribution is 0.845. The van der Waals surface area contributed by atoms with E-state index in [1.165, 1.54) is 0 Å². The van der Waals surface area contributed by atoms with E-state index in [2.05, 4.69) is 26.0 Å². The number of pyridine rings is 1. The third-order valence-corrected chi connectivity index (χ3v) is 1.58. The summed E-state index contributed by atoms with van der Waals surface area (Å²) in [6.45, 7) is -2.73. The first kappa shape index (κ1) is 3.20. The van der Waals surface area contributed by atoms with E-state index in [1.54, 1.807) is 0 Å². The predicted molar refractivity (Wildman–Crippen MR) is 53.8 cm³/mol. The van der Waals surface area contributed by atoms with Crippen LogP contribution in [0.15, 0.2) is 35.1 Å². The Bertz CT molecular complexity index is 723. The van der Waals surface area contributed by atoms with Crippen molar-refractivity contribution < 1.29 is 11.0 Å². The van der Waals surface area contributed by atoms with Crippen LogP contribution in [0, 0.1) is 6.85 Å². The van der Waals surface area contributed by atoms with Gasteiger partial charge in [0, 0.05) is 16.5 Å². The Morgan fingerprint density at radius 2 is 2.46 bits per heavy atom. The van der Waals surface area contributed by atoms with Gasteiger partial charge in [0.25, 0.3) is 0 Å². The lowest BCUT2D eigenvalue weighted by atomic mass is 10.3. The topological polar surface area (TPSA) is 30.7 Å². The molecule has 0 saturated heterocycles. The van der Waals surface area contributed by atoms with Crippen LogP contribution in [0.5, 0.6) is 0 Å². The van der Waals surface area contributed by atoms with Crippen molar-refractivity contribution in [2.24, 2.45) is 0 Å². The molecule has 0 spiro atoms. The number of nitrogens with zero attached hydrogens (tertiary/aromatic N) is 3.